The molecule has 0 aliphatic heterocycles. The number of aryl methyl sites for hydroxylation is 1. The molecule has 135 heavy (non-hydrogen) atoms. The maximum absolute atomic E-state index is 12.5. The lowest BCUT2D eigenvalue weighted by Gasteiger charge is -2.07. The highest BCUT2D eigenvalue weighted by Crippen LogP contribution is 2.16. The summed E-state index contributed by atoms with van der Waals surface area (Å²) in [7, 11) is 1.51. The molecule has 0 spiro atoms. The van der Waals surface area contributed by atoms with Gasteiger partial charge in [-0.15, -0.1) is 0 Å². The number of amides is 10. The first-order valence-electron chi connectivity index (χ1n) is 41.5. The number of carbonyl (C=O) groups is 19. The average molecular weight is 1930 g/mol. The van der Waals surface area contributed by atoms with Gasteiger partial charge in [0.25, 0.3) is 47.3 Å². The maximum atomic E-state index is 12.5. The van der Waals surface area contributed by atoms with E-state index in [4.69, 9.17) is 21.4 Å². The van der Waals surface area contributed by atoms with Crippen LogP contribution in [0, 0.1) is 12.7 Å². The molecule has 0 aliphatic rings. The first-order valence-corrected chi connectivity index (χ1v) is 42.6. The number of ketones is 8. The summed E-state index contributed by atoms with van der Waals surface area (Å²) in [4.78, 5) is 207. The van der Waals surface area contributed by atoms with Crippen LogP contribution in [0.4, 0.5) is 4.39 Å². The SMILES string of the molecule is CC(=O)C(=O)NCc1ccc(Br)cc1.CC(=O)C(=O)NCc1ccc(C)cc1.CC(=O)C(=O)NCc1ccc(CO)cc1.CC(=O)C(=O)NCc1ccc(Cl)cc1.CC(=O)C(=O)NCc1ccc(F)cc1.CC(=O)C(=O)NCc1ccccc1.CC(=O)C(=O)NCc1ccccc1.CCC(=O)C(=O)NCc1ccc(OC(=O)c2ccccc2)cc1.CNC(=O)CC(=O)NCc1ccccc1. The smallest absolute Gasteiger partial charge is 0.343 e. The van der Waals surface area contributed by atoms with Crippen LogP contribution in [0.5, 0.6) is 5.75 Å². The van der Waals surface area contributed by atoms with Crippen LogP contribution in [0.2, 0.25) is 5.02 Å². The van der Waals surface area contributed by atoms with E-state index in [2.05, 4.69) is 69.1 Å². The molecular formula is C101H109BrClFN10O21. The minimum absolute atomic E-state index is 0.0000844. The van der Waals surface area contributed by atoms with Crippen molar-refractivity contribution in [1.29, 1.82) is 0 Å². The summed E-state index contributed by atoms with van der Waals surface area (Å²) in [5, 5.41) is 34.5. The van der Waals surface area contributed by atoms with E-state index < -0.39 is 99.5 Å². The van der Waals surface area contributed by atoms with E-state index >= 15 is 0 Å². The Labute approximate surface area is 795 Å². The summed E-state index contributed by atoms with van der Waals surface area (Å²) in [6.45, 7) is 15.5. The van der Waals surface area contributed by atoms with Crippen LogP contribution in [-0.2, 0) is 152 Å². The van der Waals surface area contributed by atoms with Gasteiger partial charge in [-0.25, -0.2) is 9.18 Å². The number of nitrogens with one attached hydrogen (secondary N) is 10. The Bertz CT molecular complexity index is 5180. The third-order valence-electron chi connectivity index (χ3n) is 17.3. The van der Waals surface area contributed by atoms with Gasteiger partial charge in [-0.3, -0.25) is 86.3 Å². The Morgan fingerprint density at radius 3 is 0.844 bits per heavy atom. The van der Waals surface area contributed by atoms with E-state index in [-0.39, 0.29) is 50.2 Å². The highest BCUT2D eigenvalue weighted by Gasteiger charge is 2.15. The largest absolute Gasteiger partial charge is 0.423 e. The lowest BCUT2D eigenvalue weighted by Crippen LogP contribution is -2.29. The highest BCUT2D eigenvalue weighted by molar-refractivity contribution is 9.10. The van der Waals surface area contributed by atoms with E-state index in [9.17, 15) is 95.5 Å². The van der Waals surface area contributed by atoms with Gasteiger partial charge in [-0.1, -0.05) is 246 Å². The molecule has 0 saturated carbocycles. The first kappa shape index (κ1) is 115. The van der Waals surface area contributed by atoms with E-state index in [1.165, 1.54) is 73.2 Å². The number of ether oxygens (including phenoxy) is 1. The van der Waals surface area contributed by atoms with Crippen LogP contribution in [-0.4, -0.2) is 123 Å². The van der Waals surface area contributed by atoms with Crippen molar-refractivity contribution in [3.63, 3.8) is 0 Å². The molecule has 10 aromatic rings. The molecule has 10 aromatic carbocycles. The zero-order valence-electron chi connectivity index (χ0n) is 76.1. The molecule has 0 aliphatic carbocycles. The Morgan fingerprint density at radius 1 is 0.311 bits per heavy atom. The van der Waals surface area contributed by atoms with Crippen molar-refractivity contribution in [3.8, 4) is 5.75 Å². The Hall–Kier alpha value is -15.6. The molecule has 0 bridgehead atoms. The lowest BCUT2D eigenvalue weighted by atomic mass is 10.1. The molecule has 0 fully saturated rings. The van der Waals surface area contributed by atoms with Gasteiger partial charge < -0.3 is 63.0 Å². The molecule has 10 amide bonds. The van der Waals surface area contributed by atoms with Gasteiger partial charge >= 0.3 is 5.97 Å². The Morgan fingerprint density at radius 2 is 0.556 bits per heavy atom. The highest BCUT2D eigenvalue weighted by atomic mass is 79.9. The monoisotopic (exact) mass is 1930 g/mol. The van der Waals surface area contributed by atoms with Crippen molar-refractivity contribution >= 4 is 139 Å². The number of Topliss-reactive ketones (excluding diaryl/α,β-unsaturated/α-hetero) is 8. The zero-order valence-corrected chi connectivity index (χ0v) is 78.5. The third kappa shape index (κ3) is 54.6. The number of carbonyl (C=O) groups excluding carboxylic acids is 19. The third-order valence-corrected chi connectivity index (χ3v) is 18.0. The first-order chi connectivity index (χ1) is 64.2. The summed E-state index contributed by atoms with van der Waals surface area (Å²) in [6, 6.07) is 79.1. The van der Waals surface area contributed by atoms with Crippen LogP contribution in [0.15, 0.2) is 271 Å². The van der Waals surface area contributed by atoms with Gasteiger partial charge in [0.1, 0.15) is 18.0 Å². The molecule has 10 rings (SSSR count). The summed E-state index contributed by atoms with van der Waals surface area (Å²) in [6.07, 6.45) is 0.0591. The van der Waals surface area contributed by atoms with Crippen molar-refractivity contribution in [2.75, 3.05) is 7.05 Å². The molecule has 0 unspecified atom stereocenters. The van der Waals surface area contributed by atoms with Crippen molar-refractivity contribution in [1.82, 2.24) is 53.2 Å². The molecule has 34 heteroatoms. The Kier molecular flexibility index (Phi) is 57.0. The quantitative estimate of drug-likeness (QED) is 0.00807. The number of hydrogen-bond acceptors (Lipinski definition) is 21. The summed E-state index contributed by atoms with van der Waals surface area (Å²) >= 11 is 8.99. The van der Waals surface area contributed by atoms with E-state index in [0.29, 0.717) is 62.1 Å². The normalized spacial score (nSPS) is 9.59. The fourth-order valence-corrected chi connectivity index (χ4v) is 9.96. The van der Waals surface area contributed by atoms with Crippen LogP contribution in [0.3, 0.4) is 0 Å². The molecule has 710 valence electrons. The fraction of sp³-hybridized carbons (Fsp3) is 0.218. The van der Waals surface area contributed by atoms with E-state index in [1.54, 1.807) is 116 Å². The van der Waals surface area contributed by atoms with Gasteiger partial charge in [0.15, 0.2) is 0 Å². The van der Waals surface area contributed by atoms with Gasteiger partial charge in [0.2, 0.25) is 58.1 Å². The van der Waals surface area contributed by atoms with Crippen molar-refractivity contribution in [2.45, 2.75) is 141 Å². The Balaban J connectivity index is 0.000000517. The fourth-order valence-electron chi connectivity index (χ4n) is 9.56. The van der Waals surface area contributed by atoms with Crippen LogP contribution >= 0.6 is 27.5 Å². The van der Waals surface area contributed by atoms with Crippen LogP contribution in [0.25, 0.3) is 0 Å². The maximum Gasteiger partial charge on any atom is 0.343 e. The minimum atomic E-state index is -0.630. The number of rotatable bonds is 32. The molecule has 0 aromatic heterocycles. The molecule has 31 nitrogen and oxygen atoms in total. The second-order valence-corrected chi connectivity index (χ2v) is 29.8. The number of aliphatic hydroxyl groups is 1. The second-order valence-electron chi connectivity index (χ2n) is 28.5. The second kappa shape index (κ2) is 66.7. The number of aliphatic hydroxyl groups excluding tert-OH is 1. The van der Waals surface area contributed by atoms with Crippen molar-refractivity contribution in [2.24, 2.45) is 0 Å². The minimum Gasteiger partial charge on any atom is -0.423 e. The number of esters is 1. The van der Waals surface area contributed by atoms with Crippen molar-refractivity contribution in [3.05, 3.63) is 349 Å². The number of halogens is 3. The molecule has 11 N–H and O–H groups in total. The van der Waals surface area contributed by atoms with Gasteiger partial charge in [-0.05, 0) is 123 Å². The van der Waals surface area contributed by atoms with Crippen molar-refractivity contribution < 1.29 is 105 Å². The average Bonchev–Trinajstić information content (AvgIpc) is 0.876. The predicted octanol–water partition coefficient (Wildman–Crippen LogP) is 10.5. The summed E-state index contributed by atoms with van der Waals surface area (Å²) in [5.41, 5.74) is 10.8. The summed E-state index contributed by atoms with van der Waals surface area (Å²) in [5.74, 6) is -9.24. The van der Waals surface area contributed by atoms with Crippen LogP contribution in [0.1, 0.15) is 140 Å². The van der Waals surface area contributed by atoms with Gasteiger partial charge in [-0.2, -0.15) is 0 Å². The van der Waals surface area contributed by atoms with E-state index in [0.717, 1.165) is 60.1 Å². The predicted molar refractivity (Wildman–Crippen MR) is 508 cm³/mol. The number of hydrogen-bond donors (Lipinski definition) is 11. The molecule has 0 atom stereocenters. The van der Waals surface area contributed by atoms with Crippen LogP contribution < -0.4 is 57.9 Å². The zero-order chi connectivity index (χ0) is 101. The molecular weight excluding hydrogens is 1820 g/mol. The van der Waals surface area contributed by atoms with Gasteiger partial charge in [0, 0.05) is 130 Å². The molecule has 0 radical (unpaired) electrons. The molecule has 0 heterocycles. The molecule has 0 saturated heterocycles. The van der Waals surface area contributed by atoms with E-state index in [1.807, 2.05) is 153 Å². The summed E-state index contributed by atoms with van der Waals surface area (Å²) < 4.78 is 18.7. The van der Waals surface area contributed by atoms with Gasteiger partial charge in [0.05, 0.1) is 12.2 Å². The number of benzene rings is 10. The topological polar surface area (TPSA) is 474 Å². The standard InChI is InChI=1S/C18H17NO4.C11H14N2O2.C11H13NO3.C11H13NO2.C10H10BrNO2.C10H10ClNO2.C10H10FNO2.2C10H11NO2/c1-2-16(20)17(21)19-12-13-8-10-15(11-9-13)23-18(22)14-6-4-3-5-7-14;1-12-10(14)7-11(15)13-8-9-5-3-2-4-6-9;1-8(14)11(15)12-6-9-2-4-10(7-13)5-3-9;1-8-3-5-10(6-4-8)7-12-11(14)9(2)13;3*1-7(13)10(14)12-6-8-2-4-9(11)5-3-8;2*1-8(12)10(13)11-7-9-5-3-2-4-6-9/h3-11H,2,12H2,1H3,(H,19,21);2-6H,7-8H2,1H3,(H,12,14)(H,13,15);2-5,13H,6-7H2,1H3,(H,12,15);3-6H,7H2,1-2H3,(H,12,14);3*2-5H,6H2,1H3,(H,12,14);2*2-6H,7H2,1H3,(H,11,13). The lowest BCUT2D eigenvalue weighted by molar-refractivity contribution is -0.137.